The third-order valence-electron chi connectivity index (χ3n) is 3.28. The summed E-state index contributed by atoms with van der Waals surface area (Å²) in [5.41, 5.74) is 12.6. The summed E-state index contributed by atoms with van der Waals surface area (Å²) in [6.45, 7) is 3.57. The van der Waals surface area contributed by atoms with Gasteiger partial charge in [0.05, 0.1) is 16.3 Å². The first kappa shape index (κ1) is 12.4. The number of nitro groups is 1. The lowest BCUT2D eigenvalue weighted by molar-refractivity contribution is -0.383. The second-order valence-corrected chi connectivity index (χ2v) is 4.48. The quantitative estimate of drug-likeness (QED) is 0.451. The number of likely N-dealkylation sites (N-methyl/N-ethyl adjacent to an activating group) is 1. The number of nitro benzene ring substituents is 1. The maximum absolute atomic E-state index is 10.8. The first-order chi connectivity index (χ1) is 8.50. The van der Waals surface area contributed by atoms with Gasteiger partial charge in [0.1, 0.15) is 5.69 Å². The molecule has 1 aromatic carbocycles. The molecule has 0 aliphatic carbocycles. The van der Waals surface area contributed by atoms with E-state index in [0.717, 1.165) is 31.9 Å². The van der Waals surface area contributed by atoms with E-state index < -0.39 is 4.92 Å². The number of hydrogen-bond acceptors (Lipinski definition) is 6. The summed E-state index contributed by atoms with van der Waals surface area (Å²) in [5, 5.41) is 10.8. The molecule has 0 amide bonds. The smallest absolute Gasteiger partial charge is 0.294 e. The van der Waals surface area contributed by atoms with Gasteiger partial charge in [0.2, 0.25) is 0 Å². The van der Waals surface area contributed by atoms with Gasteiger partial charge in [-0.05, 0) is 13.1 Å². The second kappa shape index (κ2) is 4.69. The first-order valence-electron chi connectivity index (χ1n) is 5.76. The molecule has 18 heavy (non-hydrogen) atoms. The maximum atomic E-state index is 10.8. The van der Waals surface area contributed by atoms with Crippen LogP contribution in [-0.2, 0) is 0 Å². The van der Waals surface area contributed by atoms with Gasteiger partial charge in [-0.15, -0.1) is 0 Å². The van der Waals surface area contributed by atoms with Crippen molar-refractivity contribution in [3.05, 3.63) is 22.2 Å². The number of piperazine rings is 1. The van der Waals surface area contributed by atoms with Gasteiger partial charge in [0.15, 0.2) is 0 Å². The maximum Gasteiger partial charge on any atom is 0.294 e. The molecule has 0 unspecified atom stereocenters. The monoisotopic (exact) mass is 251 g/mol. The molecule has 0 saturated carbocycles. The Kier molecular flexibility index (Phi) is 3.24. The van der Waals surface area contributed by atoms with Crippen molar-refractivity contribution in [1.29, 1.82) is 0 Å². The van der Waals surface area contributed by atoms with E-state index in [1.165, 1.54) is 6.07 Å². The van der Waals surface area contributed by atoms with Gasteiger partial charge in [-0.25, -0.2) is 0 Å². The molecule has 1 aliphatic heterocycles. The highest BCUT2D eigenvalue weighted by Gasteiger charge is 2.21. The number of nitrogens with two attached hydrogens (primary N) is 2. The molecule has 98 valence electrons. The summed E-state index contributed by atoms with van der Waals surface area (Å²) >= 11 is 0. The molecule has 0 spiro atoms. The highest BCUT2D eigenvalue weighted by molar-refractivity contribution is 5.85. The molecule has 0 atom stereocenters. The van der Waals surface area contributed by atoms with Crippen LogP contribution in [-0.4, -0.2) is 43.0 Å². The van der Waals surface area contributed by atoms with Crippen molar-refractivity contribution in [3.8, 4) is 0 Å². The average Bonchev–Trinajstić information content (AvgIpc) is 2.33. The molecular weight excluding hydrogens is 234 g/mol. The normalized spacial score (nSPS) is 16.8. The first-order valence-corrected chi connectivity index (χ1v) is 5.76. The van der Waals surface area contributed by atoms with Crippen molar-refractivity contribution >= 4 is 22.7 Å². The van der Waals surface area contributed by atoms with Crippen LogP contribution in [0.4, 0.5) is 22.7 Å². The van der Waals surface area contributed by atoms with Crippen LogP contribution in [0, 0.1) is 10.1 Å². The standard InChI is InChI=1S/C11H17N5O2/c1-14-4-6-15(7-5-14)8-2-3-9(16(17)18)11(13)10(8)12/h2-3H,4-7,12-13H2,1H3. The van der Waals surface area contributed by atoms with Crippen LogP contribution in [0.5, 0.6) is 0 Å². The van der Waals surface area contributed by atoms with Gasteiger partial charge in [0.25, 0.3) is 5.69 Å². The number of hydrogen-bond donors (Lipinski definition) is 2. The topological polar surface area (TPSA) is 102 Å². The third kappa shape index (κ3) is 2.17. The molecule has 1 aliphatic rings. The molecule has 0 radical (unpaired) electrons. The van der Waals surface area contributed by atoms with E-state index in [0.29, 0.717) is 5.69 Å². The lowest BCUT2D eigenvalue weighted by atomic mass is 10.1. The zero-order valence-corrected chi connectivity index (χ0v) is 10.3. The fourth-order valence-corrected chi connectivity index (χ4v) is 2.10. The third-order valence-corrected chi connectivity index (χ3v) is 3.28. The van der Waals surface area contributed by atoms with E-state index in [-0.39, 0.29) is 11.4 Å². The van der Waals surface area contributed by atoms with E-state index in [9.17, 15) is 10.1 Å². The molecule has 0 aromatic heterocycles. The van der Waals surface area contributed by atoms with E-state index in [2.05, 4.69) is 16.8 Å². The molecule has 7 heteroatoms. The zero-order valence-electron chi connectivity index (χ0n) is 10.3. The van der Waals surface area contributed by atoms with Crippen LogP contribution in [0.1, 0.15) is 0 Å². The predicted octanol–water partition coefficient (Wildman–Crippen LogP) is 0.511. The van der Waals surface area contributed by atoms with Gasteiger partial charge < -0.3 is 21.3 Å². The van der Waals surface area contributed by atoms with Crippen molar-refractivity contribution in [2.24, 2.45) is 0 Å². The van der Waals surface area contributed by atoms with E-state index in [1.807, 2.05) is 0 Å². The Hall–Kier alpha value is -2.02. The van der Waals surface area contributed by atoms with Crippen LogP contribution in [0.3, 0.4) is 0 Å². The van der Waals surface area contributed by atoms with Gasteiger partial charge in [-0.1, -0.05) is 0 Å². The van der Waals surface area contributed by atoms with Crippen LogP contribution in [0.25, 0.3) is 0 Å². The van der Waals surface area contributed by atoms with Crippen LogP contribution < -0.4 is 16.4 Å². The Morgan fingerprint density at radius 2 is 1.78 bits per heavy atom. The summed E-state index contributed by atoms with van der Waals surface area (Å²) in [6, 6.07) is 3.09. The molecule has 1 heterocycles. The molecule has 0 bridgehead atoms. The summed E-state index contributed by atoms with van der Waals surface area (Å²) in [4.78, 5) is 14.6. The molecule has 7 nitrogen and oxygen atoms in total. The summed E-state index contributed by atoms with van der Waals surface area (Å²) in [6.07, 6.45) is 0. The minimum absolute atomic E-state index is 0.0522. The van der Waals surface area contributed by atoms with Crippen molar-refractivity contribution in [3.63, 3.8) is 0 Å². The summed E-state index contributed by atoms with van der Waals surface area (Å²) in [5.74, 6) is 0. The molecule has 2 rings (SSSR count). The predicted molar refractivity (Wildman–Crippen MR) is 71.6 cm³/mol. The molecule has 1 fully saturated rings. The fraction of sp³-hybridized carbons (Fsp3) is 0.455. The summed E-state index contributed by atoms with van der Waals surface area (Å²) < 4.78 is 0. The highest BCUT2D eigenvalue weighted by atomic mass is 16.6. The van der Waals surface area contributed by atoms with Gasteiger partial charge in [-0.2, -0.15) is 0 Å². The minimum Gasteiger partial charge on any atom is -0.395 e. The highest BCUT2D eigenvalue weighted by Crippen LogP contribution is 2.35. The number of nitrogen functional groups attached to an aromatic ring is 2. The Balaban J connectivity index is 2.30. The lowest BCUT2D eigenvalue weighted by Crippen LogP contribution is -2.44. The number of benzene rings is 1. The van der Waals surface area contributed by atoms with Gasteiger partial charge in [-0.3, -0.25) is 10.1 Å². The average molecular weight is 251 g/mol. The fourth-order valence-electron chi connectivity index (χ4n) is 2.10. The number of anilines is 3. The Morgan fingerprint density at radius 1 is 1.17 bits per heavy atom. The van der Waals surface area contributed by atoms with E-state index in [1.54, 1.807) is 6.07 Å². The molecule has 1 saturated heterocycles. The zero-order chi connectivity index (χ0) is 13.3. The molecular formula is C11H17N5O2. The SMILES string of the molecule is CN1CCN(c2ccc([N+](=O)[O-])c(N)c2N)CC1. The Labute approximate surface area is 105 Å². The van der Waals surface area contributed by atoms with Crippen LogP contribution in [0.2, 0.25) is 0 Å². The summed E-state index contributed by atoms with van der Waals surface area (Å²) in [7, 11) is 2.06. The van der Waals surface area contributed by atoms with Crippen molar-refractivity contribution in [2.75, 3.05) is 49.6 Å². The van der Waals surface area contributed by atoms with E-state index in [4.69, 9.17) is 11.5 Å². The lowest BCUT2D eigenvalue weighted by Gasteiger charge is -2.34. The van der Waals surface area contributed by atoms with Gasteiger partial charge >= 0.3 is 0 Å². The molecule has 1 aromatic rings. The minimum atomic E-state index is -0.514. The van der Waals surface area contributed by atoms with Crippen molar-refractivity contribution in [2.45, 2.75) is 0 Å². The number of nitrogens with zero attached hydrogens (tertiary/aromatic N) is 3. The Bertz CT molecular complexity index is 469. The van der Waals surface area contributed by atoms with Crippen LogP contribution in [0.15, 0.2) is 12.1 Å². The van der Waals surface area contributed by atoms with Crippen molar-refractivity contribution < 1.29 is 4.92 Å². The van der Waals surface area contributed by atoms with Crippen LogP contribution >= 0.6 is 0 Å². The molecule has 4 N–H and O–H groups in total. The largest absolute Gasteiger partial charge is 0.395 e. The second-order valence-electron chi connectivity index (χ2n) is 4.48. The Morgan fingerprint density at radius 3 is 2.33 bits per heavy atom. The van der Waals surface area contributed by atoms with E-state index >= 15 is 0 Å². The number of rotatable bonds is 2. The van der Waals surface area contributed by atoms with Crippen molar-refractivity contribution in [1.82, 2.24) is 4.90 Å². The van der Waals surface area contributed by atoms with Gasteiger partial charge in [0, 0.05) is 32.2 Å².